The Labute approximate surface area is 266 Å². The molecule has 1 saturated carbocycles. The molecule has 0 spiro atoms. The molecule has 4 aromatic carbocycles. The lowest BCUT2D eigenvalue weighted by Crippen LogP contribution is -2.54. The van der Waals surface area contributed by atoms with Gasteiger partial charge in [-0.25, -0.2) is 8.42 Å². The minimum Gasteiger partial charge on any atom is -0.352 e. The Hall–Kier alpha value is -4.43. The number of rotatable bonds is 12. The van der Waals surface area contributed by atoms with Gasteiger partial charge in [0.1, 0.15) is 12.6 Å². The number of hydrogen-bond acceptors (Lipinski definition) is 4. The van der Waals surface area contributed by atoms with Crippen molar-refractivity contribution in [3.63, 3.8) is 0 Å². The van der Waals surface area contributed by atoms with Crippen LogP contribution >= 0.6 is 0 Å². The Morgan fingerprint density at radius 3 is 2.04 bits per heavy atom. The maximum absolute atomic E-state index is 14.6. The van der Waals surface area contributed by atoms with E-state index in [0.717, 1.165) is 52.2 Å². The van der Waals surface area contributed by atoms with Crippen LogP contribution in [0.2, 0.25) is 0 Å². The highest BCUT2D eigenvalue weighted by molar-refractivity contribution is 7.92. The van der Waals surface area contributed by atoms with Crippen molar-refractivity contribution in [2.75, 3.05) is 10.8 Å². The maximum Gasteiger partial charge on any atom is 0.264 e. The van der Waals surface area contributed by atoms with E-state index in [4.69, 9.17) is 0 Å². The van der Waals surface area contributed by atoms with E-state index >= 15 is 0 Å². The monoisotopic (exact) mass is 623 g/mol. The molecule has 0 radical (unpaired) electrons. The molecule has 0 saturated heterocycles. The van der Waals surface area contributed by atoms with Crippen molar-refractivity contribution in [3.05, 3.63) is 131 Å². The van der Waals surface area contributed by atoms with Crippen LogP contribution in [0, 0.1) is 13.8 Å². The van der Waals surface area contributed by atoms with Crippen molar-refractivity contribution in [1.29, 1.82) is 0 Å². The summed E-state index contributed by atoms with van der Waals surface area (Å²) < 4.78 is 29.3. The van der Waals surface area contributed by atoms with Gasteiger partial charge in [0.2, 0.25) is 11.8 Å². The lowest BCUT2D eigenvalue weighted by molar-refractivity contribution is -0.140. The van der Waals surface area contributed by atoms with E-state index in [-0.39, 0.29) is 23.4 Å². The molecule has 0 unspecified atom stereocenters. The Morgan fingerprint density at radius 2 is 1.40 bits per heavy atom. The predicted octanol–water partition coefficient (Wildman–Crippen LogP) is 6.20. The Bertz CT molecular complexity index is 1690. The first-order valence-corrected chi connectivity index (χ1v) is 17.0. The van der Waals surface area contributed by atoms with Crippen LogP contribution in [0.1, 0.15) is 47.9 Å². The van der Waals surface area contributed by atoms with Gasteiger partial charge in [0.25, 0.3) is 10.0 Å². The van der Waals surface area contributed by atoms with E-state index in [1.54, 1.807) is 35.2 Å². The summed E-state index contributed by atoms with van der Waals surface area (Å²) in [4.78, 5) is 30.4. The second-order valence-electron chi connectivity index (χ2n) is 11.8. The van der Waals surface area contributed by atoms with Gasteiger partial charge in [-0.3, -0.25) is 13.9 Å². The number of carbonyl (C=O) groups excluding carboxylic acids is 2. The van der Waals surface area contributed by atoms with Crippen molar-refractivity contribution >= 4 is 27.5 Å². The van der Waals surface area contributed by atoms with Crippen LogP contribution in [0.4, 0.5) is 5.69 Å². The molecule has 1 atom stereocenters. The summed E-state index contributed by atoms with van der Waals surface area (Å²) in [6.45, 7) is 3.59. The number of hydrogen-bond donors (Lipinski definition) is 1. The lowest BCUT2D eigenvalue weighted by atomic mass is 10.0. The van der Waals surface area contributed by atoms with E-state index in [9.17, 15) is 18.0 Å². The molecule has 4 aromatic rings. The van der Waals surface area contributed by atoms with E-state index < -0.39 is 28.5 Å². The molecule has 0 aliphatic heterocycles. The number of nitrogens with zero attached hydrogens (tertiary/aromatic N) is 2. The van der Waals surface area contributed by atoms with Gasteiger partial charge < -0.3 is 10.2 Å². The van der Waals surface area contributed by atoms with E-state index in [0.29, 0.717) is 12.1 Å². The van der Waals surface area contributed by atoms with E-state index in [1.165, 1.54) is 12.1 Å². The molecule has 1 aliphatic carbocycles. The second kappa shape index (κ2) is 14.6. The Kier molecular flexibility index (Phi) is 10.4. The molecule has 45 heavy (non-hydrogen) atoms. The number of carbonyl (C=O) groups is 2. The van der Waals surface area contributed by atoms with Gasteiger partial charge in [0.15, 0.2) is 0 Å². The Morgan fingerprint density at radius 1 is 0.800 bits per heavy atom. The summed E-state index contributed by atoms with van der Waals surface area (Å²) in [7, 11) is -4.11. The van der Waals surface area contributed by atoms with E-state index in [1.807, 2.05) is 80.6 Å². The average Bonchev–Trinajstić information content (AvgIpc) is 3.56. The number of aryl methyl sites for hydroxylation is 2. The first-order valence-electron chi connectivity index (χ1n) is 15.5. The van der Waals surface area contributed by atoms with Gasteiger partial charge in [0.05, 0.1) is 10.6 Å². The highest BCUT2D eigenvalue weighted by atomic mass is 32.2. The standard InChI is InChI=1S/C37H41N3O4S/c1-28-21-23-33(24-22-28)40(45(43,44)34-19-7-4-8-20-34)27-36(41)39(26-31-16-10-9-13-29(31)2)35(25-30-14-5-3-6-15-30)37(42)38-32-17-11-12-18-32/h3-10,13-16,19-24,32,35H,11-12,17-18,25-27H2,1-2H3,(H,38,42)/t35-/m0/s1. The molecule has 1 N–H and O–H groups in total. The minimum absolute atomic E-state index is 0.0636. The van der Waals surface area contributed by atoms with Crippen molar-refractivity contribution in [3.8, 4) is 0 Å². The fourth-order valence-electron chi connectivity index (χ4n) is 5.85. The fourth-order valence-corrected chi connectivity index (χ4v) is 7.29. The quantitative estimate of drug-likeness (QED) is 0.204. The summed E-state index contributed by atoms with van der Waals surface area (Å²) in [5.41, 5.74) is 4.14. The molecule has 234 valence electrons. The number of nitrogens with one attached hydrogen (secondary N) is 1. The van der Waals surface area contributed by atoms with Crippen LogP contribution in [-0.4, -0.2) is 43.8 Å². The molecular formula is C37H41N3O4S. The van der Waals surface area contributed by atoms with Crippen LogP contribution in [0.15, 0.2) is 114 Å². The molecule has 8 heteroatoms. The summed E-state index contributed by atoms with van der Waals surface area (Å²) in [6, 6.07) is 31.8. The van der Waals surface area contributed by atoms with Crippen LogP contribution < -0.4 is 9.62 Å². The van der Waals surface area contributed by atoms with Crippen LogP contribution in [0.5, 0.6) is 0 Å². The number of amides is 2. The average molecular weight is 624 g/mol. The highest BCUT2D eigenvalue weighted by Crippen LogP contribution is 2.26. The number of anilines is 1. The molecule has 5 rings (SSSR count). The predicted molar refractivity (Wildman–Crippen MR) is 178 cm³/mol. The Balaban J connectivity index is 1.56. The third-order valence-corrected chi connectivity index (χ3v) is 10.3. The van der Waals surface area contributed by atoms with Crippen LogP contribution in [0.3, 0.4) is 0 Å². The minimum atomic E-state index is -4.11. The van der Waals surface area contributed by atoms with Crippen molar-refractivity contribution in [2.45, 2.75) is 69.5 Å². The first kappa shape index (κ1) is 32.0. The largest absolute Gasteiger partial charge is 0.352 e. The zero-order valence-corrected chi connectivity index (χ0v) is 26.7. The summed E-state index contributed by atoms with van der Waals surface area (Å²) in [5.74, 6) is -0.679. The zero-order valence-electron chi connectivity index (χ0n) is 25.9. The normalized spacial score (nSPS) is 14.1. The molecule has 0 bridgehead atoms. The highest BCUT2D eigenvalue weighted by Gasteiger charge is 2.35. The van der Waals surface area contributed by atoms with Crippen molar-refractivity contribution in [1.82, 2.24) is 10.2 Å². The summed E-state index contributed by atoms with van der Waals surface area (Å²) >= 11 is 0. The smallest absolute Gasteiger partial charge is 0.264 e. The van der Waals surface area contributed by atoms with E-state index in [2.05, 4.69) is 5.32 Å². The van der Waals surface area contributed by atoms with Crippen molar-refractivity contribution in [2.24, 2.45) is 0 Å². The molecule has 7 nitrogen and oxygen atoms in total. The summed E-state index contributed by atoms with van der Waals surface area (Å²) in [6.07, 6.45) is 4.23. The SMILES string of the molecule is Cc1ccc(N(CC(=O)N(Cc2ccccc2C)[C@@H](Cc2ccccc2)C(=O)NC2CCCC2)S(=O)(=O)c2ccccc2)cc1. The van der Waals surface area contributed by atoms with Crippen molar-refractivity contribution < 1.29 is 18.0 Å². The molecule has 1 aliphatic rings. The molecule has 2 amide bonds. The lowest BCUT2D eigenvalue weighted by Gasteiger charge is -2.34. The molecule has 0 heterocycles. The molecule has 1 fully saturated rings. The second-order valence-corrected chi connectivity index (χ2v) is 13.7. The number of benzene rings is 4. The topological polar surface area (TPSA) is 86.8 Å². The van der Waals surface area contributed by atoms with Gasteiger partial charge in [-0.05, 0) is 67.6 Å². The van der Waals surface area contributed by atoms with Crippen LogP contribution in [-0.2, 0) is 32.6 Å². The summed E-state index contributed by atoms with van der Waals surface area (Å²) in [5, 5.41) is 3.22. The molecular weight excluding hydrogens is 582 g/mol. The van der Waals surface area contributed by atoms with Gasteiger partial charge >= 0.3 is 0 Å². The third-order valence-electron chi connectivity index (χ3n) is 8.51. The molecule has 0 aromatic heterocycles. The van der Waals surface area contributed by atoms with Gasteiger partial charge in [-0.15, -0.1) is 0 Å². The maximum atomic E-state index is 14.6. The zero-order chi connectivity index (χ0) is 31.8. The number of sulfonamides is 1. The van der Waals surface area contributed by atoms with Gasteiger partial charge in [0, 0.05) is 19.0 Å². The van der Waals surface area contributed by atoms with Crippen LogP contribution in [0.25, 0.3) is 0 Å². The third kappa shape index (κ3) is 8.00. The van der Waals surface area contributed by atoms with Gasteiger partial charge in [-0.2, -0.15) is 0 Å². The van der Waals surface area contributed by atoms with Gasteiger partial charge in [-0.1, -0.05) is 103 Å². The fraction of sp³-hybridized carbons (Fsp3) is 0.297. The first-order chi connectivity index (χ1) is 21.7.